The third kappa shape index (κ3) is 1.77. The summed E-state index contributed by atoms with van der Waals surface area (Å²) >= 11 is 0. The number of aliphatic hydroxyl groups excluding tert-OH is 1. The minimum atomic E-state index is -0.249. The molecule has 52 valence electrons. The van der Waals surface area contributed by atoms with Gasteiger partial charge in [0.15, 0.2) is 0 Å². The summed E-state index contributed by atoms with van der Waals surface area (Å²) < 4.78 is 0. The molecule has 1 aliphatic heterocycles. The van der Waals surface area contributed by atoms with Crippen molar-refractivity contribution in [2.24, 2.45) is 0 Å². The van der Waals surface area contributed by atoms with Gasteiger partial charge in [0.05, 0.1) is 12.1 Å². The second kappa shape index (κ2) is 2.94. The van der Waals surface area contributed by atoms with E-state index < -0.39 is 0 Å². The fourth-order valence-electron chi connectivity index (χ4n) is 0.980. The van der Waals surface area contributed by atoms with Crippen LogP contribution in [0.3, 0.4) is 0 Å². The Hall–Kier alpha value is -0.410. The quantitative estimate of drug-likeness (QED) is 0.460. The first-order chi connectivity index (χ1) is 4.33. The molecule has 0 amide bonds. The number of piperidine rings is 1. The maximum atomic E-state index is 10.1. The van der Waals surface area contributed by atoms with E-state index in [0.29, 0.717) is 6.54 Å². The molecule has 0 spiro atoms. The van der Waals surface area contributed by atoms with Crippen LogP contribution in [0.2, 0.25) is 0 Å². The summed E-state index contributed by atoms with van der Waals surface area (Å²) in [4.78, 5) is 10.1. The Labute approximate surface area is 54.1 Å². The Bertz CT molecular complexity index is 97.2. The van der Waals surface area contributed by atoms with Crippen molar-refractivity contribution >= 4 is 6.29 Å². The lowest BCUT2D eigenvalue weighted by atomic mass is 10.0. The lowest BCUT2D eigenvalue weighted by Gasteiger charge is -2.22. The highest BCUT2D eigenvalue weighted by Crippen LogP contribution is 2.05. The zero-order chi connectivity index (χ0) is 6.69. The molecule has 0 radical (unpaired) electrons. The van der Waals surface area contributed by atoms with Crippen molar-refractivity contribution in [1.82, 2.24) is 5.32 Å². The third-order valence-corrected chi connectivity index (χ3v) is 1.59. The molecule has 2 atom stereocenters. The summed E-state index contributed by atoms with van der Waals surface area (Å²) in [6.45, 7) is 0.559. The first kappa shape index (κ1) is 6.71. The monoisotopic (exact) mass is 129 g/mol. The molecule has 0 aliphatic carbocycles. The highest BCUT2D eigenvalue weighted by atomic mass is 16.3. The van der Waals surface area contributed by atoms with Crippen LogP contribution >= 0.6 is 0 Å². The van der Waals surface area contributed by atoms with Gasteiger partial charge in [-0.05, 0) is 12.8 Å². The first-order valence-electron chi connectivity index (χ1n) is 3.19. The smallest absolute Gasteiger partial charge is 0.136 e. The molecule has 0 bridgehead atoms. The summed E-state index contributed by atoms with van der Waals surface area (Å²) in [5.74, 6) is 0. The predicted octanol–water partition coefficient (Wildman–Crippen LogP) is -0.702. The zero-order valence-electron chi connectivity index (χ0n) is 5.21. The van der Waals surface area contributed by atoms with Gasteiger partial charge < -0.3 is 15.2 Å². The molecule has 0 saturated carbocycles. The van der Waals surface area contributed by atoms with E-state index in [1.54, 1.807) is 0 Å². The van der Waals surface area contributed by atoms with Gasteiger partial charge in [-0.15, -0.1) is 0 Å². The van der Waals surface area contributed by atoms with E-state index in [1.807, 2.05) is 0 Å². The number of aldehydes is 1. The average Bonchev–Trinajstić information content (AvgIpc) is 1.90. The fraction of sp³-hybridized carbons (Fsp3) is 0.833. The van der Waals surface area contributed by atoms with Gasteiger partial charge >= 0.3 is 0 Å². The van der Waals surface area contributed by atoms with Crippen molar-refractivity contribution < 1.29 is 9.90 Å². The van der Waals surface area contributed by atoms with E-state index in [1.165, 1.54) is 0 Å². The Balaban J connectivity index is 2.26. The van der Waals surface area contributed by atoms with E-state index in [2.05, 4.69) is 5.32 Å². The van der Waals surface area contributed by atoms with Gasteiger partial charge in [0.2, 0.25) is 0 Å². The van der Waals surface area contributed by atoms with Crippen LogP contribution in [-0.4, -0.2) is 30.1 Å². The maximum absolute atomic E-state index is 10.1. The molecule has 0 aromatic heterocycles. The van der Waals surface area contributed by atoms with Crippen LogP contribution in [0.25, 0.3) is 0 Å². The van der Waals surface area contributed by atoms with Crippen LogP contribution in [0.15, 0.2) is 0 Å². The number of carbonyl (C=O) groups excluding carboxylic acids is 1. The van der Waals surface area contributed by atoms with Gasteiger partial charge in [-0.2, -0.15) is 0 Å². The molecule has 2 N–H and O–H groups in total. The zero-order valence-corrected chi connectivity index (χ0v) is 5.21. The Kier molecular flexibility index (Phi) is 2.19. The topological polar surface area (TPSA) is 49.3 Å². The van der Waals surface area contributed by atoms with Crippen LogP contribution in [0.4, 0.5) is 0 Å². The Morgan fingerprint density at radius 2 is 2.33 bits per heavy atom. The molecule has 1 heterocycles. The van der Waals surface area contributed by atoms with Crippen LogP contribution in [0.5, 0.6) is 0 Å². The van der Waals surface area contributed by atoms with Gasteiger partial charge in [0.1, 0.15) is 6.29 Å². The van der Waals surface area contributed by atoms with Crippen LogP contribution in [0.1, 0.15) is 12.8 Å². The van der Waals surface area contributed by atoms with Crippen molar-refractivity contribution in [3.05, 3.63) is 0 Å². The van der Waals surface area contributed by atoms with E-state index in [-0.39, 0.29) is 12.1 Å². The van der Waals surface area contributed by atoms with Gasteiger partial charge in [-0.25, -0.2) is 0 Å². The number of hydrogen-bond donors (Lipinski definition) is 2. The molecule has 0 aromatic rings. The van der Waals surface area contributed by atoms with Crippen molar-refractivity contribution in [3.63, 3.8) is 0 Å². The first-order valence-corrected chi connectivity index (χ1v) is 3.19. The number of carbonyl (C=O) groups is 1. The van der Waals surface area contributed by atoms with Gasteiger partial charge in [-0.1, -0.05) is 0 Å². The number of hydrogen-bond acceptors (Lipinski definition) is 3. The summed E-state index contributed by atoms with van der Waals surface area (Å²) in [5.41, 5.74) is 0. The summed E-state index contributed by atoms with van der Waals surface area (Å²) in [5, 5.41) is 11.8. The summed E-state index contributed by atoms with van der Waals surface area (Å²) in [6, 6.07) is -0.0200. The van der Waals surface area contributed by atoms with E-state index in [0.717, 1.165) is 19.1 Å². The standard InChI is InChI=1S/C6H11NO2/c8-4-5-1-2-6(9)3-7-5/h4-7,9H,1-3H2/t5?,6-/m1/s1. The van der Waals surface area contributed by atoms with Gasteiger partial charge in [0, 0.05) is 6.54 Å². The SMILES string of the molecule is O=CC1CC[C@@H](O)CN1. The molecule has 1 rings (SSSR count). The van der Waals surface area contributed by atoms with Crippen LogP contribution in [-0.2, 0) is 4.79 Å². The minimum Gasteiger partial charge on any atom is -0.392 e. The molecule has 0 aromatic carbocycles. The normalized spacial score (nSPS) is 36.1. The van der Waals surface area contributed by atoms with Crippen LogP contribution in [0, 0.1) is 0 Å². The lowest BCUT2D eigenvalue weighted by Crippen LogP contribution is -2.42. The van der Waals surface area contributed by atoms with Crippen molar-refractivity contribution in [3.8, 4) is 0 Å². The molecule has 1 aliphatic rings. The second-order valence-electron chi connectivity index (χ2n) is 2.38. The van der Waals surface area contributed by atoms with Gasteiger partial charge in [0.25, 0.3) is 0 Å². The average molecular weight is 129 g/mol. The van der Waals surface area contributed by atoms with Crippen molar-refractivity contribution in [2.75, 3.05) is 6.54 Å². The molecule has 1 unspecified atom stereocenters. The largest absolute Gasteiger partial charge is 0.392 e. The summed E-state index contributed by atoms with van der Waals surface area (Å²) in [6.07, 6.45) is 2.16. The van der Waals surface area contributed by atoms with Gasteiger partial charge in [-0.3, -0.25) is 0 Å². The van der Waals surface area contributed by atoms with Crippen molar-refractivity contribution in [2.45, 2.75) is 25.0 Å². The molecular formula is C6H11NO2. The summed E-state index contributed by atoms with van der Waals surface area (Å²) in [7, 11) is 0. The highest BCUT2D eigenvalue weighted by Gasteiger charge is 2.16. The second-order valence-corrected chi connectivity index (χ2v) is 2.38. The molecule has 1 fully saturated rings. The highest BCUT2D eigenvalue weighted by molar-refractivity contribution is 5.57. The maximum Gasteiger partial charge on any atom is 0.136 e. The van der Waals surface area contributed by atoms with E-state index in [9.17, 15) is 4.79 Å². The molecule has 3 nitrogen and oxygen atoms in total. The Morgan fingerprint density at radius 1 is 1.56 bits per heavy atom. The fourth-order valence-corrected chi connectivity index (χ4v) is 0.980. The minimum absolute atomic E-state index is 0.0200. The number of nitrogens with one attached hydrogen (secondary N) is 1. The lowest BCUT2D eigenvalue weighted by molar-refractivity contribution is -0.110. The number of aliphatic hydroxyl groups is 1. The molecule has 3 heteroatoms. The Morgan fingerprint density at radius 3 is 2.78 bits per heavy atom. The number of rotatable bonds is 1. The van der Waals surface area contributed by atoms with Crippen LogP contribution < -0.4 is 5.32 Å². The van der Waals surface area contributed by atoms with Crippen molar-refractivity contribution in [1.29, 1.82) is 0 Å². The van der Waals surface area contributed by atoms with E-state index in [4.69, 9.17) is 5.11 Å². The molecule has 1 saturated heterocycles. The molecular weight excluding hydrogens is 118 g/mol. The third-order valence-electron chi connectivity index (χ3n) is 1.59. The predicted molar refractivity (Wildman–Crippen MR) is 33.1 cm³/mol. The van der Waals surface area contributed by atoms with E-state index >= 15 is 0 Å². The number of β-amino-alcohol motifs (C(OH)–C–C–N with tert-alkyl or cyclic N) is 1. The molecule has 9 heavy (non-hydrogen) atoms.